The van der Waals surface area contributed by atoms with Crippen LogP contribution in [0.25, 0.3) is 0 Å². The molecule has 3 rings (SSSR count). The van der Waals surface area contributed by atoms with Crippen LogP contribution < -0.4 is 16.0 Å². The van der Waals surface area contributed by atoms with Crippen LogP contribution in [0.5, 0.6) is 0 Å². The average molecular weight is 430 g/mol. The fraction of sp³-hybridized carbons (Fsp3) is 0.391. The van der Waals surface area contributed by atoms with E-state index in [-0.39, 0.29) is 16.9 Å². The molecule has 160 valence electrons. The van der Waals surface area contributed by atoms with Crippen LogP contribution in [0.4, 0.5) is 15.8 Å². The van der Waals surface area contributed by atoms with Crippen molar-refractivity contribution in [2.45, 2.75) is 38.0 Å². The number of nitrogens with zero attached hydrogens (tertiary/aromatic N) is 1. The van der Waals surface area contributed by atoms with E-state index in [4.69, 9.17) is 22.7 Å². The minimum absolute atomic E-state index is 0.0920. The lowest BCUT2D eigenvalue weighted by atomic mass is 9.72. The van der Waals surface area contributed by atoms with Gasteiger partial charge in [-0.3, -0.25) is 4.79 Å². The molecule has 0 aromatic heterocycles. The van der Waals surface area contributed by atoms with Gasteiger partial charge in [0.05, 0.1) is 17.7 Å². The summed E-state index contributed by atoms with van der Waals surface area (Å²) >= 11 is 4.80. The predicted molar refractivity (Wildman–Crippen MR) is 122 cm³/mol. The van der Waals surface area contributed by atoms with E-state index in [1.165, 1.54) is 6.07 Å². The van der Waals surface area contributed by atoms with Gasteiger partial charge in [0.25, 0.3) is 0 Å². The van der Waals surface area contributed by atoms with Gasteiger partial charge in [0.2, 0.25) is 0 Å². The van der Waals surface area contributed by atoms with E-state index < -0.39 is 5.41 Å². The minimum Gasteiger partial charge on any atom is -0.465 e. The molecule has 0 aliphatic carbocycles. The van der Waals surface area contributed by atoms with E-state index in [1.54, 1.807) is 12.1 Å². The Morgan fingerprint density at radius 3 is 2.53 bits per heavy atom. The highest BCUT2D eigenvalue weighted by Crippen LogP contribution is 2.39. The number of piperidine rings is 1. The Kier molecular flexibility index (Phi) is 7.26. The van der Waals surface area contributed by atoms with Crippen molar-refractivity contribution in [3.05, 3.63) is 59.9 Å². The van der Waals surface area contributed by atoms with Crippen molar-refractivity contribution in [1.82, 2.24) is 0 Å². The zero-order chi connectivity index (χ0) is 21.6. The molecule has 0 radical (unpaired) electrons. The summed E-state index contributed by atoms with van der Waals surface area (Å²) in [6.07, 6.45) is 2.95. The smallest absolute Gasteiger partial charge is 0.316 e. The maximum absolute atomic E-state index is 14.7. The second kappa shape index (κ2) is 9.89. The van der Waals surface area contributed by atoms with Gasteiger partial charge in [-0.1, -0.05) is 43.7 Å². The first-order chi connectivity index (χ1) is 14.5. The van der Waals surface area contributed by atoms with Crippen molar-refractivity contribution < 1.29 is 13.9 Å². The molecule has 3 N–H and O–H groups in total. The molecular weight excluding hydrogens is 401 g/mol. The molecule has 0 bridgehead atoms. The van der Waals surface area contributed by atoms with Gasteiger partial charge in [0.1, 0.15) is 5.82 Å². The summed E-state index contributed by atoms with van der Waals surface area (Å²) < 4.78 is 20.3. The first-order valence-electron chi connectivity index (χ1n) is 10.3. The van der Waals surface area contributed by atoms with Crippen molar-refractivity contribution >= 4 is 34.7 Å². The monoisotopic (exact) mass is 429 g/mol. The maximum atomic E-state index is 14.7. The predicted octanol–water partition coefficient (Wildman–Crippen LogP) is 4.36. The standard InChI is InChI=1S/C23H28FN3O2S/c1-2-3-15-29-21(28)23(17-7-5-4-6-8-17)11-13-27(14-12-23)20-10-9-18(16-19(20)24)26-22(25)30/h4-10,16H,2-3,11-15H2,1H3,(H3,25,26,30). The van der Waals surface area contributed by atoms with Gasteiger partial charge in [0.15, 0.2) is 5.11 Å². The number of nitrogens with two attached hydrogens (primary N) is 1. The average Bonchev–Trinajstić information content (AvgIpc) is 2.74. The second-order valence-electron chi connectivity index (χ2n) is 7.58. The number of nitrogens with one attached hydrogen (secondary N) is 1. The van der Waals surface area contributed by atoms with Crippen LogP contribution in [0.1, 0.15) is 38.2 Å². The third-order valence-corrected chi connectivity index (χ3v) is 5.72. The SMILES string of the molecule is CCCCOC(=O)C1(c2ccccc2)CCN(c2ccc(NC(N)=S)cc2F)CC1. The third kappa shape index (κ3) is 4.90. The number of hydrogen-bond donors (Lipinski definition) is 2. The van der Waals surface area contributed by atoms with Crippen molar-refractivity contribution in [1.29, 1.82) is 0 Å². The molecule has 0 atom stereocenters. The Bertz CT molecular complexity index is 883. The summed E-state index contributed by atoms with van der Waals surface area (Å²) in [5, 5.41) is 2.83. The molecule has 1 fully saturated rings. The van der Waals surface area contributed by atoms with Gasteiger partial charge in [0, 0.05) is 18.8 Å². The first-order valence-corrected chi connectivity index (χ1v) is 10.7. The van der Waals surface area contributed by atoms with E-state index in [2.05, 4.69) is 12.2 Å². The van der Waals surface area contributed by atoms with Crippen molar-refractivity contribution in [3.8, 4) is 0 Å². The van der Waals surface area contributed by atoms with E-state index in [0.29, 0.717) is 43.9 Å². The van der Waals surface area contributed by atoms with Gasteiger partial charge in [-0.15, -0.1) is 0 Å². The van der Waals surface area contributed by atoms with Crippen LogP contribution in [0.2, 0.25) is 0 Å². The Morgan fingerprint density at radius 2 is 1.93 bits per heavy atom. The van der Waals surface area contributed by atoms with Crippen molar-refractivity contribution in [2.24, 2.45) is 5.73 Å². The summed E-state index contributed by atoms with van der Waals surface area (Å²) in [6, 6.07) is 14.6. The number of carbonyl (C=O) groups is 1. The molecule has 5 nitrogen and oxygen atoms in total. The Morgan fingerprint density at radius 1 is 1.23 bits per heavy atom. The molecule has 1 heterocycles. The number of halogens is 1. The lowest BCUT2D eigenvalue weighted by Gasteiger charge is -2.41. The van der Waals surface area contributed by atoms with Crippen LogP contribution in [-0.4, -0.2) is 30.8 Å². The number of carbonyl (C=O) groups excluding carboxylic acids is 1. The fourth-order valence-electron chi connectivity index (χ4n) is 3.93. The number of esters is 1. The number of benzene rings is 2. The molecule has 1 aliphatic rings. The van der Waals surface area contributed by atoms with Crippen LogP contribution in [-0.2, 0) is 14.9 Å². The first kappa shape index (κ1) is 22.0. The molecule has 0 spiro atoms. The highest BCUT2D eigenvalue weighted by atomic mass is 32.1. The molecule has 0 unspecified atom stereocenters. The van der Waals surface area contributed by atoms with Crippen molar-refractivity contribution in [3.63, 3.8) is 0 Å². The minimum atomic E-state index is -0.699. The molecule has 0 amide bonds. The Labute approximate surface area is 182 Å². The summed E-state index contributed by atoms with van der Waals surface area (Å²) in [5.41, 5.74) is 6.73. The number of unbranched alkanes of at least 4 members (excludes halogenated alkanes) is 1. The molecule has 2 aromatic rings. The summed E-state index contributed by atoms with van der Waals surface area (Å²) in [4.78, 5) is 15.1. The van der Waals surface area contributed by atoms with Gasteiger partial charge in [-0.05, 0) is 55.2 Å². The number of hydrogen-bond acceptors (Lipinski definition) is 4. The lowest BCUT2D eigenvalue weighted by Crippen LogP contribution is -2.48. The quantitative estimate of drug-likeness (QED) is 0.387. The van der Waals surface area contributed by atoms with Gasteiger partial charge < -0.3 is 20.7 Å². The van der Waals surface area contributed by atoms with E-state index in [0.717, 1.165) is 18.4 Å². The van der Waals surface area contributed by atoms with Gasteiger partial charge in [-0.2, -0.15) is 0 Å². The van der Waals surface area contributed by atoms with Crippen molar-refractivity contribution in [2.75, 3.05) is 29.9 Å². The Balaban J connectivity index is 1.78. The zero-order valence-electron chi connectivity index (χ0n) is 17.2. The second-order valence-corrected chi connectivity index (χ2v) is 8.02. The zero-order valence-corrected chi connectivity index (χ0v) is 18.0. The maximum Gasteiger partial charge on any atom is 0.316 e. The van der Waals surface area contributed by atoms with E-state index in [1.807, 2.05) is 35.2 Å². The van der Waals surface area contributed by atoms with Crippen LogP contribution in [0.15, 0.2) is 48.5 Å². The Hall–Kier alpha value is -2.67. The lowest BCUT2D eigenvalue weighted by molar-refractivity contribution is -0.151. The number of ether oxygens (including phenoxy) is 1. The topological polar surface area (TPSA) is 67.6 Å². The number of anilines is 2. The van der Waals surface area contributed by atoms with Crippen LogP contribution >= 0.6 is 12.2 Å². The van der Waals surface area contributed by atoms with Gasteiger partial charge >= 0.3 is 5.97 Å². The molecule has 0 saturated carbocycles. The molecule has 1 saturated heterocycles. The van der Waals surface area contributed by atoms with Crippen LogP contribution in [0.3, 0.4) is 0 Å². The molecular formula is C23H28FN3O2S. The van der Waals surface area contributed by atoms with E-state index >= 15 is 0 Å². The van der Waals surface area contributed by atoms with Gasteiger partial charge in [-0.25, -0.2) is 4.39 Å². The molecule has 30 heavy (non-hydrogen) atoms. The largest absolute Gasteiger partial charge is 0.465 e. The highest BCUT2D eigenvalue weighted by Gasteiger charge is 2.44. The van der Waals surface area contributed by atoms with E-state index in [9.17, 15) is 9.18 Å². The summed E-state index contributed by atoms with van der Waals surface area (Å²) in [7, 11) is 0. The number of rotatable bonds is 7. The third-order valence-electron chi connectivity index (χ3n) is 5.62. The highest BCUT2D eigenvalue weighted by molar-refractivity contribution is 7.80. The molecule has 1 aliphatic heterocycles. The molecule has 7 heteroatoms. The summed E-state index contributed by atoms with van der Waals surface area (Å²) in [6.45, 7) is 3.60. The number of thiocarbonyl (C=S) groups is 1. The fourth-order valence-corrected chi connectivity index (χ4v) is 4.05. The molecule has 2 aromatic carbocycles. The normalized spacial score (nSPS) is 15.5. The van der Waals surface area contributed by atoms with Crippen LogP contribution in [0, 0.1) is 5.82 Å². The summed E-state index contributed by atoms with van der Waals surface area (Å²) in [5.74, 6) is -0.535.